The van der Waals surface area contributed by atoms with Crippen molar-refractivity contribution in [2.75, 3.05) is 13.7 Å². The Balaban J connectivity index is 3.12. The van der Waals surface area contributed by atoms with Crippen LogP contribution >= 0.6 is 11.6 Å². The Bertz CT molecular complexity index is 346. The van der Waals surface area contributed by atoms with E-state index < -0.39 is 11.9 Å². The molecular weight excluding hydrogens is 221 g/mol. The van der Waals surface area contributed by atoms with Crippen LogP contribution in [-0.2, 0) is 11.3 Å². The van der Waals surface area contributed by atoms with Crippen LogP contribution < -0.4 is 5.73 Å². The molecule has 1 aromatic carbocycles. The molecule has 15 heavy (non-hydrogen) atoms. The first kappa shape index (κ1) is 12.4. The topological polar surface area (TPSA) is 55.5 Å². The lowest BCUT2D eigenvalue weighted by atomic mass is 10.0. The van der Waals surface area contributed by atoms with Crippen LogP contribution in [0.5, 0.6) is 0 Å². The molecule has 3 N–H and O–H groups in total. The van der Waals surface area contributed by atoms with Gasteiger partial charge in [0.1, 0.15) is 5.82 Å². The summed E-state index contributed by atoms with van der Waals surface area (Å²) in [4.78, 5) is 0. The molecule has 0 amide bonds. The fraction of sp³-hybridized carbons (Fsp3) is 0.400. The summed E-state index contributed by atoms with van der Waals surface area (Å²) in [6, 6.07) is 2.26. The molecule has 1 unspecified atom stereocenters. The lowest BCUT2D eigenvalue weighted by Gasteiger charge is -2.12. The van der Waals surface area contributed by atoms with Crippen molar-refractivity contribution >= 4 is 11.6 Å². The van der Waals surface area contributed by atoms with E-state index in [9.17, 15) is 4.39 Å². The van der Waals surface area contributed by atoms with Crippen LogP contribution in [0, 0.1) is 5.82 Å². The normalized spacial score (nSPS) is 12.9. The monoisotopic (exact) mass is 233 g/mol. The van der Waals surface area contributed by atoms with E-state index in [-0.39, 0.29) is 17.2 Å². The van der Waals surface area contributed by atoms with E-state index in [0.29, 0.717) is 6.61 Å². The number of nitrogens with two attached hydrogens (primary N) is 1. The molecule has 0 radical (unpaired) electrons. The molecular formula is C10H13ClFNO2. The van der Waals surface area contributed by atoms with E-state index >= 15 is 0 Å². The Morgan fingerprint density at radius 2 is 2.27 bits per heavy atom. The summed E-state index contributed by atoms with van der Waals surface area (Å²) in [7, 11) is 1.53. The van der Waals surface area contributed by atoms with Crippen molar-refractivity contribution in [2.45, 2.75) is 12.6 Å². The molecule has 0 aliphatic carbocycles. The second-order valence-electron chi connectivity index (χ2n) is 3.20. The molecule has 0 saturated heterocycles. The van der Waals surface area contributed by atoms with Crippen molar-refractivity contribution in [3.63, 3.8) is 0 Å². The first-order chi connectivity index (χ1) is 7.10. The molecule has 5 heteroatoms. The molecule has 84 valence electrons. The quantitative estimate of drug-likeness (QED) is 0.831. The van der Waals surface area contributed by atoms with Gasteiger partial charge in [0.15, 0.2) is 0 Å². The van der Waals surface area contributed by atoms with Crippen LogP contribution in [-0.4, -0.2) is 18.8 Å². The predicted molar refractivity (Wildman–Crippen MR) is 56.1 cm³/mol. The van der Waals surface area contributed by atoms with Crippen molar-refractivity contribution in [3.05, 3.63) is 34.1 Å². The van der Waals surface area contributed by atoms with Gasteiger partial charge in [-0.25, -0.2) is 4.39 Å². The highest BCUT2D eigenvalue weighted by Gasteiger charge is 2.14. The Morgan fingerprint density at radius 3 is 2.80 bits per heavy atom. The number of hydrogen-bond acceptors (Lipinski definition) is 3. The minimum Gasteiger partial charge on any atom is -0.394 e. The summed E-state index contributed by atoms with van der Waals surface area (Å²) >= 11 is 5.69. The minimum absolute atomic E-state index is 0.0107. The molecule has 1 rings (SSSR count). The summed E-state index contributed by atoms with van der Waals surface area (Å²) in [5.74, 6) is -0.585. The number of aliphatic hydroxyl groups is 1. The van der Waals surface area contributed by atoms with E-state index in [1.807, 2.05) is 0 Å². The zero-order chi connectivity index (χ0) is 11.4. The maximum atomic E-state index is 13.5. The van der Waals surface area contributed by atoms with Gasteiger partial charge in [-0.15, -0.1) is 0 Å². The van der Waals surface area contributed by atoms with Crippen LogP contribution in [0.3, 0.4) is 0 Å². The lowest BCUT2D eigenvalue weighted by molar-refractivity contribution is 0.184. The highest BCUT2D eigenvalue weighted by molar-refractivity contribution is 6.30. The van der Waals surface area contributed by atoms with E-state index in [1.165, 1.54) is 13.2 Å². The Hall–Kier alpha value is -0.680. The zero-order valence-corrected chi connectivity index (χ0v) is 9.09. The summed E-state index contributed by atoms with van der Waals surface area (Å²) in [5.41, 5.74) is 6.47. The van der Waals surface area contributed by atoms with E-state index in [0.717, 1.165) is 5.56 Å². The number of ether oxygens (including phenoxy) is 1. The van der Waals surface area contributed by atoms with Crippen molar-refractivity contribution < 1.29 is 14.2 Å². The second kappa shape index (κ2) is 5.42. The van der Waals surface area contributed by atoms with Crippen LogP contribution in [0.1, 0.15) is 17.2 Å². The van der Waals surface area contributed by atoms with E-state index in [4.69, 9.17) is 27.2 Å². The first-order valence-corrected chi connectivity index (χ1v) is 4.81. The van der Waals surface area contributed by atoms with Crippen molar-refractivity contribution in [2.24, 2.45) is 5.73 Å². The van der Waals surface area contributed by atoms with Gasteiger partial charge in [-0.3, -0.25) is 0 Å². The molecule has 1 atom stereocenters. The third kappa shape index (κ3) is 2.89. The van der Waals surface area contributed by atoms with E-state index in [1.54, 1.807) is 6.07 Å². The number of methoxy groups -OCH3 is 1. The van der Waals surface area contributed by atoms with Crippen LogP contribution in [0.4, 0.5) is 4.39 Å². The fourth-order valence-electron chi connectivity index (χ4n) is 1.29. The van der Waals surface area contributed by atoms with Crippen molar-refractivity contribution in [3.8, 4) is 0 Å². The average Bonchev–Trinajstić information content (AvgIpc) is 2.22. The molecule has 0 aliphatic rings. The van der Waals surface area contributed by atoms with Gasteiger partial charge in [-0.1, -0.05) is 11.6 Å². The molecule has 3 nitrogen and oxygen atoms in total. The Morgan fingerprint density at radius 1 is 1.60 bits per heavy atom. The fourth-order valence-corrected chi connectivity index (χ4v) is 1.54. The molecule has 0 bridgehead atoms. The summed E-state index contributed by atoms with van der Waals surface area (Å²) < 4.78 is 18.4. The van der Waals surface area contributed by atoms with Gasteiger partial charge in [-0.05, 0) is 17.7 Å². The van der Waals surface area contributed by atoms with Gasteiger partial charge >= 0.3 is 0 Å². The molecule has 0 aliphatic heterocycles. The Kier molecular flexibility index (Phi) is 4.47. The predicted octanol–water partition coefficient (Wildman–Crippen LogP) is 1.62. The maximum absolute atomic E-state index is 13.5. The molecule has 0 saturated carbocycles. The van der Waals surface area contributed by atoms with Gasteiger partial charge in [0.05, 0.1) is 24.3 Å². The number of benzene rings is 1. The lowest BCUT2D eigenvalue weighted by Crippen LogP contribution is -2.16. The van der Waals surface area contributed by atoms with E-state index in [2.05, 4.69) is 0 Å². The maximum Gasteiger partial charge on any atom is 0.146 e. The first-order valence-electron chi connectivity index (χ1n) is 4.43. The number of aliphatic hydroxyl groups excluding tert-OH is 1. The molecule has 0 fully saturated rings. The molecule has 0 heterocycles. The minimum atomic E-state index is -0.765. The third-order valence-electron chi connectivity index (χ3n) is 2.02. The summed E-state index contributed by atoms with van der Waals surface area (Å²) in [5, 5.41) is 8.85. The number of rotatable bonds is 4. The van der Waals surface area contributed by atoms with Crippen molar-refractivity contribution in [1.29, 1.82) is 0 Å². The standard InChI is InChI=1S/C10H13ClFNO2/c1-15-5-6-2-7(9(13)4-14)10(12)8(11)3-6/h2-3,9,14H,4-5,13H2,1H3. The Labute approximate surface area is 92.6 Å². The molecule has 0 spiro atoms. The summed E-state index contributed by atoms with van der Waals surface area (Å²) in [6.45, 7) is -0.00513. The van der Waals surface area contributed by atoms with Crippen LogP contribution in [0.25, 0.3) is 0 Å². The van der Waals surface area contributed by atoms with Gasteiger partial charge in [0, 0.05) is 12.7 Å². The zero-order valence-electron chi connectivity index (χ0n) is 8.34. The van der Waals surface area contributed by atoms with Gasteiger partial charge in [0.2, 0.25) is 0 Å². The smallest absolute Gasteiger partial charge is 0.146 e. The second-order valence-corrected chi connectivity index (χ2v) is 3.61. The van der Waals surface area contributed by atoms with Gasteiger partial charge in [-0.2, -0.15) is 0 Å². The largest absolute Gasteiger partial charge is 0.394 e. The SMILES string of the molecule is COCc1cc(Cl)c(F)c(C(N)CO)c1. The molecule has 0 aromatic heterocycles. The third-order valence-corrected chi connectivity index (χ3v) is 2.30. The van der Waals surface area contributed by atoms with Crippen LogP contribution in [0.2, 0.25) is 5.02 Å². The summed E-state index contributed by atoms with van der Waals surface area (Å²) in [6.07, 6.45) is 0. The van der Waals surface area contributed by atoms with Crippen LogP contribution in [0.15, 0.2) is 12.1 Å². The number of hydrogen-bond donors (Lipinski definition) is 2. The van der Waals surface area contributed by atoms with Gasteiger partial charge < -0.3 is 15.6 Å². The highest BCUT2D eigenvalue weighted by atomic mass is 35.5. The van der Waals surface area contributed by atoms with Gasteiger partial charge in [0.25, 0.3) is 0 Å². The molecule has 1 aromatic rings. The van der Waals surface area contributed by atoms with Crippen molar-refractivity contribution in [1.82, 2.24) is 0 Å². The average molecular weight is 234 g/mol. The number of halogens is 2. The highest BCUT2D eigenvalue weighted by Crippen LogP contribution is 2.24.